The van der Waals surface area contributed by atoms with Crippen molar-refractivity contribution < 1.29 is 23.1 Å². The Morgan fingerprint density at radius 2 is 1.92 bits per heavy atom. The fourth-order valence-electron chi connectivity index (χ4n) is 2.45. The Labute approximate surface area is 137 Å². The van der Waals surface area contributed by atoms with E-state index in [1.54, 1.807) is 6.20 Å². The molecule has 0 unspecified atom stereocenters. The van der Waals surface area contributed by atoms with Crippen molar-refractivity contribution in [2.45, 2.75) is 25.6 Å². The first-order valence-electron chi connectivity index (χ1n) is 7.47. The second-order valence-corrected chi connectivity index (χ2v) is 5.46. The summed E-state index contributed by atoms with van der Waals surface area (Å²) in [7, 11) is 0. The number of carboxylic acids is 1. The van der Waals surface area contributed by atoms with Crippen molar-refractivity contribution in [3.8, 4) is 11.3 Å². The van der Waals surface area contributed by atoms with Crippen LogP contribution in [-0.4, -0.2) is 45.4 Å². The highest BCUT2D eigenvalue weighted by Crippen LogP contribution is 2.19. The molecule has 0 saturated carbocycles. The highest BCUT2D eigenvalue weighted by atomic mass is 19.4. The van der Waals surface area contributed by atoms with Crippen molar-refractivity contribution >= 4 is 5.97 Å². The van der Waals surface area contributed by atoms with Crippen molar-refractivity contribution in [2.75, 3.05) is 13.1 Å². The van der Waals surface area contributed by atoms with E-state index in [1.165, 1.54) is 37.1 Å². The molecule has 1 aromatic carbocycles. The molecular weight excluding hydrogens is 323 g/mol. The number of hydrogen-bond acceptors (Lipinski definition) is 3. The van der Waals surface area contributed by atoms with Crippen LogP contribution in [-0.2, 0) is 11.3 Å². The molecule has 1 aromatic heterocycles. The van der Waals surface area contributed by atoms with Gasteiger partial charge in [0.25, 0.3) is 0 Å². The molecule has 0 atom stereocenters. The molecule has 2 aromatic rings. The quantitative estimate of drug-likeness (QED) is 0.899. The summed E-state index contributed by atoms with van der Waals surface area (Å²) in [6, 6.07) is 10.7. The fraction of sp³-hybridized carbons (Fsp3) is 0.375. The number of benzene rings is 1. The van der Waals surface area contributed by atoms with Crippen LogP contribution in [0.3, 0.4) is 0 Å². The molecule has 8 heteroatoms. The van der Waals surface area contributed by atoms with Gasteiger partial charge in [-0.1, -0.05) is 18.2 Å². The van der Waals surface area contributed by atoms with Crippen molar-refractivity contribution in [1.29, 1.82) is 0 Å². The second kappa shape index (κ2) is 7.96. The topological polar surface area (TPSA) is 69.2 Å². The largest absolute Gasteiger partial charge is 0.490 e. The minimum absolute atomic E-state index is 1.07. The van der Waals surface area contributed by atoms with Gasteiger partial charge in [-0.3, -0.25) is 10.00 Å². The number of carboxylic acid groups (broad SMARTS) is 1. The van der Waals surface area contributed by atoms with Crippen LogP contribution in [0.5, 0.6) is 0 Å². The molecule has 5 nitrogen and oxygen atoms in total. The normalized spacial score (nSPS) is 15.0. The Morgan fingerprint density at radius 1 is 1.25 bits per heavy atom. The van der Waals surface area contributed by atoms with Crippen LogP contribution < -0.4 is 0 Å². The summed E-state index contributed by atoms with van der Waals surface area (Å²) in [6.45, 7) is 3.56. The highest BCUT2D eigenvalue weighted by molar-refractivity contribution is 5.73. The first-order chi connectivity index (χ1) is 11.4. The number of alkyl halides is 3. The molecule has 0 spiro atoms. The average molecular weight is 341 g/mol. The highest BCUT2D eigenvalue weighted by Gasteiger charge is 2.38. The van der Waals surface area contributed by atoms with Gasteiger partial charge in [0.05, 0.1) is 5.69 Å². The number of nitrogens with zero attached hydrogens (tertiary/aromatic N) is 2. The minimum Gasteiger partial charge on any atom is -0.475 e. The number of aromatic amines is 1. The zero-order chi connectivity index (χ0) is 17.6. The van der Waals surface area contributed by atoms with E-state index in [0.29, 0.717) is 0 Å². The van der Waals surface area contributed by atoms with Crippen LogP contribution in [0.25, 0.3) is 11.3 Å². The lowest BCUT2D eigenvalue weighted by Crippen LogP contribution is -2.21. The third-order valence-corrected chi connectivity index (χ3v) is 3.59. The molecule has 2 heterocycles. The van der Waals surface area contributed by atoms with Crippen LogP contribution in [0.1, 0.15) is 18.4 Å². The van der Waals surface area contributed by atoms with E-state index in [0.717, 1.165) is 12.2 Å². The molecule has 1 aliphatic heterocycles. The molecule has 3 rings (SSSR count). The number of hydrogen-bond donors (Lipinski definition) is 2. The summed E-state index contributed by atoms with van der Waals surface area (Å²) in [6.07, 6.45) is -0.594. The van der Waals surface area contributed by atoms with Crippen LogP contribution >= 0.6 is 0 Å². The van der Waals surface area contributed by atoms with Gasteiger partial charge in [-0.15, -0.1) is 0 Å². The smallest absolute Gasteiger partial charge is 0.475 e. The molecule has 24 heavy (non-hydrogen) atoms. The van der Waals surface area contributed by atoms with E-state index in [2.05, 4.69) is 39.4 Å². The third-order valence-electron chi connectivity index (χ3n) is 3.59. The average Bonchev–Trinajstić information content (AvgIpc) is 3.20. The van der Waals surface area contributed by atoms with Crippen LogP contribution in [0, 0.1) is 0 Å². The van der Waals surface area contributed by atoms with Gasteiger partial charge >= 0.3 is 12.1 Å². The van der Waals surface area contributed by atoms with Gasteiger partial charge in [0.15, 0.2) is 0 Å². The number of aromatic nitrogens is 2. The molecule has 1 aliphatic rings. The first-order valence-corrected chi connectivity index (χ1v) is 7.47. The molecule has 0 radical (unpaired) electrons. The minimum atomic E-state index is -5.08. The first kappa shape index (κ1) is 18.0. The monoisotopic (exact) mass is 341 g/mol. The summed E-state index contributed by atoms with van der Waals surface area (Å²) < 4.78 is 31.7. The maximum atomic E-state index is 10.6. The fourth-order valence-corrected chi connectivity index (χ4v) is 2.45. The van der Waals surface area contributed by atoms with Gasteiger partial charge in [0, 0.05) is 12.7 Å². The number of H-pyrrole nitrogens is 1. The number of halogens is 3. The molecule has 0 aliphatic carbocycles. The van der Waals surface area contributed by atoms with E-state index < -0.39 is 12.1 Å². The molecule has 2 N–H and O–H groups in total. The number of aliphatic carboxylic acids is 1. The molecular formula is C16H18F3N3O2. The standard InChI is InChI=1S/C14H17N3.C2HF3O2/c1-2-9-17(8-1)11-12-4-3-5-13(10-12)14-6-7-15-16-14;3-2(4,5)1(6)7/h3-7,10H,1-2,8-9,11H2,(H,15,16);(H,6,7). The predicted molar refractivity (Wildman–Crippen MR) is 82.2 cm³/mol. The van der Waals surface area contributed by atoms with E-state index in [4.69, 9.17) is 9.90 Å². The SMILES string of the molecule is O=C(O)C(F)(F)F.c1cc(CN2CCCC2)cc(-c2ccn[nH]2)c1. The predicted octanol–water partition coefficient (Wildman–Crippen LogP) is 3.31. The van der Waals surface area contributed by atoms with E-state index in [-0.39, 0.29) is 0 Å². The van der Waals surface area contributed by atoms with Crippen molar-refractivity contribution in [2.24, 2.45) is 0 Å². The van der Waals surface area contributed by atoms with Crippen molar-refractivity contribution in [1.82, 2.24) is 15.1 Å². The Balaban J connectivity index is 0.000000256. The Kier molecular flexibility index (Phi) is 5.97. The van der Waals surface area contributed by atoms with Gasteiger partial charge in [0.1, 0.15) is 0 Å². The number of rotatable bonds is 3. The summed E-state index contributed by atoms with van der Waals surface area (Å²) in [5.74, 6) is -2.76. The van der Waals surface area contributed by atoms with Gasteiger partial charge in [-0.2, -0.15) is 18.3 Å². The van der Waals surface area contributed by atoms with Gasteiger partial charge in [-0.25, -0.2) is 4.79 Å². The summed E-state index contributed by atoms with van der Waals surface area (Å²) >= 11 is 0. The van der Waals surface area contributed by atoms with Crippen molar-refractivity contribution in [3.63, 3.8) is 0 Å². The van der Waals surface area contributed by atoms with E-state index >= 15 is 0 Å². The Bertz CT molecular complexity index is 651. The number of carbonyl (C=O) groups is 1. The Hall–Kier alpha value is -2.35. The molecule has 0 bridgehead atoms. The lowest BCUT2D eigenvalue weighted by molar-refractivity contribution is -0.192. The zero-order valence-electron chi connectivity index (χ0n) is 12.9. The summed E-state index contributed by atoms with van der Waals surface area (Å²) in [5.41, 5.74) is 3.70. The van der Waals surface area contributed by atoms with Gasteiger partial charge in [-0.05, 0) is 49.2 Å². The van der Waals surface area contributed by atoms with E-state index in [1.807, 2.05) is 6.07 Å². The number of nitrogens with one attached hydrogen (secondary N) is 1. The van der Waals surface area contributed by atoms with Crippen molar-refractivity contribution in [3.05, 3.63) is 42.1 Å². The van der Waals surface area contributed by atoms with Crippen LogP contribution in [0.15, 0.2) is 36.5 Å². The zero-order valence-corrected chi connectivity index (χ0v) is 12.9. The van der Waals surface area contributed by atoms with E-state index in [9.17, 15) is 13.2 Å². The molecule has 130 valence electrons. The molecule has 1 fully saturated rings. The lowest BCUT2D eigenvalue weighted by Gasteiger charge is -2.14. The maximum Gasteiger partial charge on any atom is 0.490 e. The number of likely N-dealkylation sites (tertiary alicyclic amines) is 1. The maximum absolute atomic E-state index is 10.6. The van der Waals surface area contributed by atoms with Gasteiger partial charge < -0.3 is 5.11 Å². The Morgan fingerprint density at radius 3 is 2.46 bits per heavy atom. The lowest BCUT2D eigenvalue weighted by atomic mass is 10.1. The van der Waals surface area contributed by atoms with Crippen LogP contribution in [0.2, 0.25) is 0 Å². The van der Waals surface area contributed by atoms with Crippen LogP contribution in [0.4, 0.5) is 13.2 Å². The second-order valence-electron chi connectivity index (χ2n) is 5.46. The third kappa shape index (κ3) is 5.38. The molecule has 1 saturated heterocycles. The summed E-state index contributed by atoms with van der Waals surface area (Å²) in [5, 5.41) is 14.1. The van der Waals surface area contributed by atoms with Gasteiger partial charge in [0.2, 0.25) is 0 Å². The molecule has 0 amide bonds. The summed E-state index contributed by atoms with van der Waals surface area (Å²) in [4.78, 5) is 11.4.